The van der Waals surface area contributed by atoms with E-state index in [1.807, 2.05) is 13.1 Å². The summed E-state index contributed by atoms with van der Waals surface area (Å²) < 4.78 is 22.2. The highest BCUT2D eigenvalue weighted by Crippen LogP contribution is 2.31. The van der Waals surface area contributed by atoms with Crippen molar-refractivity contribution in [2.45, 2.75) is 32.5 Å². The summed E-state index contributed by atoms with van der Waals surface area (Å²) in [7, 11) is 1.89. The van der Waals surface area contributed by atoms with Gasteiger partial charge in [-0.15, -0.1) is 5.10 Å². The molecule has 182 valence electrons. The second-order valence-corrected chi connectivity index (χ2v) is 9.01. The standard InChI is InChI=1S/C25H27FN6O3/c1-16(33)27-12-22-15-32(25(34)35-22)20-5-6-23(24(26)10-20)18-3-4-19-13-31(8-7-17(19)9-18)14-21-11-28-29-30(21)2/h3-6,9-11,22H,7-8,12-15H2,1-2H3,(H,27,33). The Bertz CT molecular complexity index is 1280. The van der Waals surface area contributed by atoms with Crippen molar-refractivity contribution in [1.82, 2.24) is 25.2 Å². The van der Waals surface area contributed by atoms with Crippen LogP contribution < -0.4 is 10.2 Å². The maximum absolute atomic E-state index is 15.2. The second-order valence-electron chi connectivity index (χ2n) is 9.01. The zero-order valence-electron chi connectivity index (χ0n) is 19.7. The third-order valence-corrected chi connectivity index (χ3v) is 6.52. The maximum atomic E-state index is 15.2. The molecule has 10 heteroatoms. The molecule has 3 heterocycles. The number of hydrogen-bond acceptors (Lipinski definition) is 6. The quantitative estimate of drug-likeness (QED) is 0.586. The lowest BCUT2D eigenvalue weighted by Crippen LogP contribution is -2.33. The van der Waals surface area contributed by atoms with Gasteiger partial charge in [-0.3, -0.25) is 19.3 Å². The number of nitrogens with one attached hydrogen (secondary N) is 1. The smallest absolute Gasteiger partial charge is 0.414 e. The normalized spacial score (nSPS) is 17.9. The Morgan fingerprint density at radius 3 is 2.83 bits per heavy atom. The van der Waals surface area contributed by atoms with E-state index in [4.69, 9.17) is 4.74 Å². The predicted octanol–water partition coefficient (Wildman–Crippen LogP) is 2.64. The minimum atomic E-state index is -0.548. The molecular weight excluding hydrogens is 451 g/mol. The summed E-state index contributed by atoms with van der Waals surface area (Å²) in [5.41, 5.74) is 5.24. The first-order chi connectivity index (χ1) is 16.9. The molecule has 1 saturated heterocycles. The van der Waals surface area contributed by atoms with Crippen molar-refractivity contribution >= 4 is 17.7 Å². The highest BCUT2D eigenvalue weighted by Gasteiger charge is 2.32. The molecule has 1 fully saturated rings. The van der Waals surface area contributed by atoms with Crippen LogP contribution in [-0.4, -0.2) is 57.6 Å². The first-order valence-electron chi connectivity index (χ1n) is 11.6. The Hall–Kier alpha value is -3.79. The van der Waals surface area contributed by atoms with Gasteiger partial charge in [0.15, 0.2) is 0 Å². The fraction of sp³-hybridized carbons (Fsp3) is 0.360. The number of ether oxygens (including phenoxy) is 1. The Kier molecular flexibility index (Phi) is 6.21. The van der Waals surface area contributed by atoms with E-state index in [0.717, 1.165) is 37.3 Å². The van der Waals surface area contributed by atoms with Crippen molar-refractivity contribution in [2.75, 3.05) is 24.5 Å². The van der Waals surface area contributed by atoms with Gasteiger partial charge in [0.1, 0.15) is 11.9 Å². The van der Waals surface area contributed by atoms with Gasteiger partial charge in [0.2, 0.25) is 5.91 Å². The summed E-state index contributed by atoms with van der Waals surface area (Å²) in [5, 5.41) is 10.6. The molecule has 0 radical (unpaired) electrons. The molecule has 1 unspecified atom stereocenters. The molecule has 3 aromatic rings. The molecule has 2 aliphatic heterocycles. The molecule has 2 amide bonds. The SMILES string of the molecule is CC(=O)NCC1CN(c2ccc(-c3ccc4c(c3)CCN(Cc3cnnn3C)C4)c(F)c2)C(=O)O1. The van der Waals surface area contributed by atoms with Crippen LogP contribution in [0.3, 0.4) is 0 Å². The van der Waals surface area contributed by atoms with E-state index in [2.05, 4.69) is 32.7 Å². The lowest BCUT2D eigenvalue weighted by atomic mass is 9.94. The average Bonchev–Trinajstić information content (AvgIpc) is 3.42. The number of nitrogens with zero attached hydrogens (tertiary/aromatic N) is 5. The second kappa shape index (κ2) is 9.46. The van der Waals surface area contributed by atoms with Crippen molar-refractivity contribution in [3.63, 3.8) is 0 Å². The van der Waals surface area contributed by atoms with Gasteiger partial charge in [-0.2, -0.15) is 0 Å². The van der Waals surface area contributed by atoms with Crippen LogP contribution in [0.5, 0.6) is 0 Å². The number of carbonyl (C=O) groups excluding carboxylic acids is 2. The van der Waals surface area contributed by atoms with Crippen LogP contribution in [0.2, 0.25) is 0 Å². The molecule has 0 bridgehead atoms. The van der Waals surface area contributed by atoms with E-state index < -0.39 is 18.0 Å². The third-order valence-electron chi connectivity index (χ3n) is 6.52. The van der Waals surface area contributed by atoms with Gasteiger partial charge in [-0.05, 0) is 41.3 Å². The zero-order chi connectivity index (χ0) is 24.5. The Balaban J connectivity index is 1.28. The van der Waals surface area contributed by atoms with Crippen molar-refractivity contribution < 1.29 is 18.7 Å². The van der Waals surface area contributed by atoms with Gasteiger partial charge in [-0.1, -0.05) is 23.4 Å². The number of aromatic nitrogens is 3. The number of hydrogen-bond donors (Lipinski definition) is 1. The van der Waals surface area contributed by atoms with Crippen molar-refractivity contribution in [2.24, 2.45) is 7.05 Å². The van der Waals surface area contributed by atoms with Crippen LogP contribution >= 0.6 is 0 Å². The molecular formula is C25H27FN6O3. The maximum Gasteiger partial charge on any atom is 0.414 e. The molecule has 2 aromatic carbocycles. The summed E-state index contributed by atoms with van der Waals surface area (Å²) >= 11 is 0. The van der Waals surface area contributed by atoms with Crippen LogP contribution in [-0.2, 0) is 36.1 Å². The van der Waals surface area contributed by atoms with Crippen LogP contribution in [0.25, 0.3) is 11.1 Å². The number of aryl methyl sites for hydroxylation is 1. The van der Waals surface area contributed by atoms with E-state index in [0.29, 0.717) is 11.3 Å². The highest BCUT2D eigenvalue weighted by molar-refractivity contribution is 5.90. The number of fused-ring (bicyclic) bond motifs is 1. The molecule has 5 rings (SSSR count). The summed E-state index contributed by atoms with van der Waals surface area (Å²) in [6.45, 7) is 4.38. The van der Waals surface area contributed by atoms with Gasteiger partial charge >= 0.3 is 6.09 Å². The molecule has 35 heavy (non-hydrogen) atoms. The van der Waals surface area contributed by atoms with E-state index in [1.54, 1.807) is 23.0 Å². The largest absolute Gasteiger partial charge is 0.442 e. The Morgan fingerprint density at radius 1 is 1.23 bits per heavy atom. The fourth-order valence-electron chi connectivity index (χ4n) is 4.60. The van der Waals surface area contributed by atoms with Gasteiger partial charge < -0.3 is 10.1 Å². The fourth-order valence-corrected chi connectivity index (χ4v) is 4.60. The number of rotatable bonds is 6. The first kappa shape index (κ1) is 23.0. The number of anilines is 1. The summed E-state index contributed by atoms with van der Waals surface area (Å²) in [6.07, 6.45) is 1.65. The molecule has 0 saturated carbocycles. The minimum absolute atomic E-state index is 0.196. The molecule has 2 aliphatic rings. The topological polar surface area (TPSA) is 92.6 Å². The molecule has 1 atom stereocenters. The molecule has 1 aromatic heterocycles. The van der Waals surface area contributed by atoms with Gasteiger partial charge in [0.05, 0.1) is 30.7 Å². The summed E-state index contributed by atoms with van der Waals surface area (Å²) in [5.74, 6) is -0.597. The van der Waals surface area contributed by atoms with E-state index in [9.17, 15) is 9.59 Å². The van der Waals surface area contributed by atoms with E-state index in [1.165, 1.54) is 29.0 Å². The zero-order valence-corrected chi connectivity index (χ0v) is 19.7. The van der Waals surface area contributed by atoms with Gasteiger partial charge in [0, 0.05) is 39.2 Å². The Morgan fingerprint density at radius 2 is 2.09 bits per heavy atom. The molecule has 0 spiro atoms. The Labute approximate surface area is 202 Å². The lowest BCUT2D eigenvalue weighted by molar-refractivity contribution is -0.119. The number of benzene rings is 2. The monoisotopic (exact) mass is 478 g/mol. The number of cyclic esters (lactones) is 1. The number of carbonyl (C=O) groups is 2. The van der Waals surface area contributed by atoms with Gasteiger partial charge in [0.25, 0.3) is 0 Å². The number of amides is 2. The van der Waals surface area contributed by atoms with E-state index in [-0.39, 0.29) is 19.0 Å². The van der Waals surface area contributed by atoms with Crippen LogP contribution in [0.1, 0.15) is 23.7 Å². The van der Waals surface area contributed by atoms with E-state index >= 15 is 4.39 Å². The van der Waals surface area contributed by atoms with Crippen molar-refractivity contribution in [1.29, 1.82) is 0 Å². The van der Waals surface area contributed by atoms with Crippen LogP contribution in [0.15, 0.2) is 42.6 Å². The average molecular weight is 479 g/mol. The minimum Gasteiger partial charge on any atom is -0.442 e. The predicted molar refractivity (Wildman–Crippen MR) is 127 cm³/mol. The van der Waals surface area contributed by atoms with Crippen molar-refractivity contribution in [3.05, 3.63) is 65.2 Å². The van der Waals surface area contributed by atoms with Gasteiger partial charge in [-0.25, -0.2) is 9.18 Å². The highest BCUT2D eigenvalue weighted by atomic mass is 19.1. The summed E-state index contributed by atoms with van der Waals surface area (Å²) in [6, 6.07) is 10.9. The third kappa shape index (κ3) is 4.88. The van der Waals surface area contributed by atoms with Crippen LogP contribution in [0.4, 0.5) is 14.9 Å². The molecule has 0 aliphatic carbocycles. The van der Waals surface area contributed by atoms with Crippen LogP contribution in [0, 0.1) is 5.82 Å². The lowest BCUT2D eigenvalue weighted by Gasteiger charge is -2.29. The summed E-state index contributed by atoms with van der Waals surface area (Å²) in [4.78, 5) is 27.1. The first-order valence-corrected chi connectivity index (χ1v) is 11.6. The molecule has 9 nitrogen and oxygen atoms in total. The molecule has 1 N–H and O–H groups in total. The number of halogens is 1. The van der Waals surface area contributed by atoms with Crippen molar-refractivity contribution in [3.8, 4) is 11.1 Å².